The van der Waals surface area contributed by atoms with E-state index in [2.05, 4.69) is 11.5 Å². The van der Waals surface area contributed by atoms with Crippen molar-refractivity contribution >= 4 is 17.2 Å². The van der Waals surface area contributed by atoms with Gasteiger partial charge in [-0.05, 0) is 24.3 Å². The molecular formula is C11H10N4OS. The minimum Gasteiger partial charge on any atom is -0.334 e. The molecule has 2 rings (SSSR count). The number of hydrazine groups is 1. The minimum absolute atomic E-state index is 0.297. The first kappa shape index (κ1) is 11.4. The zero-order chi connectivity index (χ0) is 12.3. The first-order chi connectivity index (χ1) is 8.24. The summed E-state index contributed by atoms with van der Waals surface area (Å²) in [4.78, 5) is 12.8. The highest BCUT2D eigenvalue weighted by atomic mass is 32.1. The first-order valence-electron chi connectivity index (χ1n) is 4.89. The van der Waals surface area contributed by atoms with Crippen molar-refractivity contribution in [3.05, 3.63) is 45.9 Å². The third kappa shape index (κ3) is 2.36. The van der Waals surface area contributed by atoms with Crippen LogP contribution < -0.4 is 11.3 Å². The molecule has 86 valence electrons. The molecular weight excluding hydrogens is 236 g/mol. The molecule has 2 heterocycles. The van der Waals surface area contributed by atoms with Gasteiger partial charge < -0.3 is 4.57 Å². The van der Waals surface area contributed by atoms with Gasteiger partial charge in [-0.1, -0.05) is 0 Å². The van der Waals surface area contributed by atoms with E-state index in [1.807, 2.05) is 22.9 Å². The molecule has 0 bridgehead atoms. The van der Waals surface area contributed by atoms with E-state index in [1.54, 1.807) is 12.1 Å². The Balaban J connectivity index is 2.18. The number of nitrogen functional groups attached to an aromatic ring is 1. The average Bonchev–Trinajstić information content (AvgIpc) is 2.97. The zero-order valence-electron chi connectivity index (χ0n) is 8.88. The van der Waals surface area contributed by atoms with Gasteiger partial charge in [0.25, 0.3) is 5.91 Å². The van der Waals surface area contributed by atoms with Crippen molar-refractivity contribution in [1.29, 1.82) is 5.26 Å². The normalized spacial score (nSPS) is 9.88. The molecule has 0 atom stereocenters. The van der Waals surface area contributed by atoms with Gasteiger partial charge in [-0.15, -0.1) is 11.3 Å². The Bertz CT molecular complexity index is 578. The summed E-state index contributed by atoms with van der Waals surface area (Å²) in [5, 5.41) is 8.87. The summed E-state index contributed by atoms with van der Waals surface area (Å²) in [6, 6.07) is 9.25. The van der Waals surface area contributed by atoms with E-state index in [-0.39, 0.29) is 5.91 Å². The van der Waals surface area contributed by atoms with Crippen LogP contribution in [0, 0.1) is 11.3 Å². The molecule has 0 fully saturated rings. The maximum absolute atomic E-state index is 11.3. The first-order valence-corrected chi connectivity index (χ1v) is 5.71. The highest BCUT2D eigenvalue weighted by molar-refractivity contribution is 7.14. The summed E-state index contributed by atoms with van der Waals surface area (Å²) >= 11 is 1.36. The van der Waals surface area contributed by atoms with Crippen LogP contribution in [-0.2, 0) is 6.54 Å². The number of nitrogens with zero attached hydrogens (tertiary/aromatic N) is 2. The molecule has 3 N–H and O–H groups in total. The van der Waals surface area contributed by atoms with Crippen molar-refractivity contribution in [3.63, 3.8) is 0 Å². The maximum Gasteiger partial charge on any atom is 0.275 e. The Labute approximate surface area is 102 Å². The van der Waals surface area contributed by atoms with Gasteiger partial charge in [0.15, 0.2) is 0 Å². The van der Waals surface area contributed by atoms with Crippen LogP contribution in [0.4, 0.5) is 0 Å². The van der Waals surface area contributed by atoms with Gasteiger partial charge in [0.2, 0.25) is 0 Å². The molecule has 17 heavy (non-hydrogen) atoms. The van der Waals surface area contributed by atoms with Crippen molar-refractivity contribution in [3.8, 4) is 6.07 Å². The Kier molecular flexibility index (Phi) is 3.23. The maximum atomic E-state index is 11.3. The SMILES string of the molecule is N#Cc1cccn1Cc1ccc(C(=O)NN)s1. The number of carbonyl (C=O) groups excluding carboxylic acids is 1. The van der Waals surface area contributed by atoms with Crippen LogP contribution >= 0.6 is 11.3 Å². The number of thiophene rings is 1. The molecule has 5 nitrogen and oxygen atoms in total. The topological polar surface area (TPSA) is 83.8 Å². The predicted molar refractivity (Wildman–Crippen MR) is 64.2 cm³/mol. The van der Waals surface area contributed by atoms with E-state index < -0.39 is 0 Å². The third-order valence-electron chi connectivity index (χ3n) is 2.29. The van der Waals surface area contributed by atoms with Crippen molar-refractivity contribution in [2.24, 2.45) is 5.84 Å². The largest absolute Gasteiger partial charge is 0.334 e. The number of rotatable bonds is 3. The number of hydrogen-bond donors (Lipinski definition) is 2. The van der Waals surface area contributed by atoms with Crippen molar-refractivity contribution in [1.82, 2.24) is 9.99 Å². The summed E-state index contributed by atoms with van der Waals surface area (Å²) in [6.45, 7) is 0.582. The number of carbonyl (C=O) groups is 1. The van der Waals surface area contributed by atoms with E-state index in [4.69, 9.17) is 11.1 Å². The Hall–Kier alpha value is -2.10. The van der Waals surface area contributed by atoms with Crippen LogP contribution in [0.3, 0.4) is 0 Å². The number of nitriles is 1. The van der Waals surface area contributed by atoms with Crippen molar-refractivity contribution < 1.29 is 4.79 Å². The van der Waals surface area contributed by atoms with Crippen LogP contribution in [0.2, 0.25) is 0 Å². The van der Waals surface area contributed by atoms with Gasteiger partial charge in [-0.25, -0.2) is 5.84 Å². The molecule has 0 aliphatic heterocycles. The van der Waals surface area contributed by atoms with E-state index >= 15 is 0 Å². The third-order valence-corrected chi connectivity index (χ3v) is 3.36. The van der Waals surface area contributed by atoms with Crippen molar-refractivity contribution in [2.75, 3.05) is 0 Å². The lowest BCUT2D eigenvalue weighted by Crippen LogP contribution is -2.29. The standard InChI is InChI=1S/C11H10N4OS/c12-6-8-2-1-5-15(8)7-9-3-4-10(17-9)11(16)14-13/h1-5H,7,13H2,(H,14,16). The fourth-order valence-electron chi connectivity index (χ4n) is 1.48. The molecule has 2 aromatic heterocycles. The lowest BCUT2D eigenvalue weighted by atomic mass is 10.4. The van der Waals surface area contributed by atoms with Gasteiger partial charge >= 0.3 is 0 Å². The van der Waals surface area contributed by atoms with Crippen LogP contribution in [0.1, 0.15) is 20.2 Å². The van der Waals surface area contributed by atoms with Gasteiger partial charge in [0.1, 0.15) is 11.8 Å². The molecule has 2 aromatic rings. The predicted octanol–water partition coefficient (Wildman–Crippen LogP) is 1.07. The molecule has 0 aliphatic carbocycles. The summed E-state index contributed by atoms with van der Waals surface area (Å²) in [7, 11) is 0. The molecule has 0 aromatic carbocycles. The second kappa shape index (κ2) is 4.82. The second-order valence-electron chi connectivity index (χ2n) is 3.37. The summed E-state index contributed by atoms with van der Waals surface area (Å²) in [5.41, 5.74) is 2.69. The lowest BCUT2D eigenvalue weighted by molar-refractivity contribution is 0.0957. The van der Waals surface area contributed by atoms with Crippen LogP contribution in [0.15, 0.2) is 30.5 Å². The highest BCUT2D eigenvalue weighted by Crippen LogP contribution is 2.18. The smallest absolute Gasteiger partial charge is 0.275 e. The minimum atomic E-state index is -0.297. The van der Waals surface area contributed by atoms with Crippen LogP contribution in [0.5, 0.6) is 0 Å². The zero-order valence-corrected chi connectivity index (χ0v) is 9.70. The van der Waals surface area contributed by atoms with Crippen LogP contribution in [-0.4, -0.2) is 10.5 Å². The molecule has 0 saturated carbocycles. The number of hydrogen-bond acceptors (Lipinski definition) is 4. The summed E-state index contributed by atoms with van der Waals surface area (Å²) in [5.74, 6) is 4.76. The van der Waals surface area contributed by atoms with E-state index in [0.717, 1.165) is 4.88 Å². The molecule has 1 amide bonds. The van der Waals surface area contributed by atoms with Gasteiger partial charge in [-0.2, -0.15) is 5.26 Å². The Morgan fingerprint density at radius 1 is 1.53 bits per heavy atom. The van der Waals surface area contributed by atoms with E-state index in [0.29, 0.717) is 17.1 Å². The molecule has 0 aliphatic rings. The highest BCUT2D eigenvalue weighted by Gasteiger charge is 2.08. The number of nitrogens with one attached hydrogen (secondary N) is 1. The van der Waals surface area contributed by atoms with Crippen LogP contribution in [0.25, 0.3) is 0 Å². The Morgan fingerprint density at radius 2 is 2.35 bits per heavy atom. The average molecular weight is 246 g/mol. The fourth-order valence-corrected chi connectivity index (χ4v) is 2.39. The lowest BCUT2D eigenvalue weighted by Gasteiger charge is -2.01. The Morgan fingerprint density at radius 3 is 3.06 bits per heavy atom. The summed E-state index contributed by atoms with van der Waals surface area (Å²) in [6.07, 6.45) is 1.83. The fraction of sp³-hybridized carbons (Fsp3) is 0.0909. The van der Waals surface area contributed by atoms with E-state index in [1.165, 1.54) is 11.3 Å². The second-order valence-corrected chi connectivity index (χ2v) is 4.54. The molecule has 0 radical (unpaired) electrons. The van der Waals surface area contributed by atoms with Gasteiger partial charge in [0.05, 0.1) is 11.4 Å². The number of amides is 1. The quantitative estimate of drug-likeness (QED) is 0.482. The molecule has 0 saturated heterocycles. The molecule has 0 spiro atoms. The van der Waals surface area contributed by atoms with Crippen molar-refractivity contribution in [2.45, 2.75) is 6.54 Å². The van der Waals surface area contributed by atoms with Gasteiger partial charge in [0, 0.05) is 11.1 Å². The number of nitrogens with two attached hydrogens (primary N) is 1. The number of aromatic nitrogens is 1. The molecule has 6 heteroatoms. The van der Waals surface area contributed by atoms with E-state index in [9.17, 15) is 4.79 Å². The molecule has 0 unspecified atom stereocenters. The van der Waals surface area contributed by atoms with Gasteiger partial charge in [-0.3, -0.25) is 10.2 Å². The summed E-state index contributed by atoms with van der Waals surface area (Å²) < 4.78 is 1.83. The monoisotopic (exact) mass is 246 g/mol.